The van der Waals surface area contributed by atoms with Crippen molar-refractivity contribution in [3.05, 3.63) is 93.0 Å². The van der Waals surface area contributed by atoms with Gasteiger partial charge in [0.2, 0.25) is 0 Å². The highest BCUT2D eigenvalue weighted by atomic mass is 35.5. The second-order valence-corrected chi connectivity index (χ2v) is 7.17. The summed E-state index contributed by atoms with van der Waals surface area (Å²) in [6.07, 6.45) is 3.12. The molecule has 3 heteroatoms. The third-order valence-corrected chi connectivity index (χ3v) is 5.18. The van der Waals surface area contributed by atoms with Crippen LogP contribution < -0.4 is 0 Å². The number of rotatable bonds is 2. The summed E-state index contributed by atoms with van der Waals surface area (Å²) in [7, 11) is 0. The third-order valence-electron chi connectivity index (χ3n) is 4.82. The molecule has 0 amide bonds. The van der Waals surface area contributed by atoms with Crippen LogP contribution in [0.4, 0.5) is 8.78 Å². The smallest absolute Gasteiger partial charge is 0.146 e. The zero-order valence-corrected chi connectivity index (χ0v) is 15.6. The Morgan fingerprint density at radius 1 is 0.852 bits per heavy atom. The first-order valence-corrected chi connectivity index (χ1v) is 9.34. The van der Waals surface area contributed by atoms with Crippen molar-refractivity contribution >= 4 is 11.6 Å². The van der Waals surface area contributed by atoms with E-state index in [9.17, 15) is 8.78 Å². The molecule has 1 aliphatic rings. The average molecular weight is 379 g/mol. The fraction of sp³-hybridized carbons (Fsp3) is 0.167. The van der Waals surface area contributed by atoms with E-state index in [1.165, 1.54) is 27.8 Å². The first-order chi connectivity index (χ1) is 13.0. The summed E-state index contributed by atoms with van der Waals surface area (Å²) < 4.78 is 27.1. The number of benzene rings is 3. The van der Waals surface area contributed by atoms with Crippen LogP contribution >= 0.6 is 11.6 Å². The lowest BCUT2D eigenvalue weighted by molar-refractivity contribution is 0.583. The topological polar surface area (TPSA) is 0 Å². The highest BCUT2D eigenvalue weighted by molar-refractivity contribution is 6.30. The van der Waals surface area contributed by atoms with Crippen molar-refractivity contribution in [2.24, 2.45) is 0 Å². The third kappa shape index (κ3) is 3.48. The van der Waals surface area contributed by atoms with E-state index in [1.54, 1.807) is 0 Å². The van der Waals surface area contributed by atoms with Gasteiger partial charge in [0.25, 0.3) is 0 Å². The normalized spacial score (nSPS) is 11.6. The van der Waals surface area contributed by atoms with Crippen LogP contribution in [0.2, 0.25) is 5.02 Å². The van der Waals surface area contributed by atoms with E-state index in [2.05, 4.69) is 49.1 Å². The van der Waals surface area contributed by atoms with Crippen LogP contribution in [0.3, 0.4) is 0 Å². The van der Waals surface area contributed by atoms with Gasteiger partial charge in [-0.3, -0.25) is 0 Å². The predicted octanol–water partition coefficient (Wildman–Crippen LogP) is 6.54. The Hall–Kier alpha value is -2.63. The Morgan fingerprint density at radius 2 is 1.48 bits per heavy atom. The van der Waals surface area contributed by atoms with E-state index in [4.69, 9.17) is 11.6 Å². The molecule has 3 aromatic carbocycles. The maximum absolute atomic E-state index is 13.5. The van der Waals surface area contributed by atoms with Gasteiger partial charge < -0.3 is 0 Å². The molecule has 0 saturated carbocycles. The van der Waals surface area contributed by atoms with Gasteiger partial charge in [0.15, 0.2) is 0 Å². The number of halogens is 3. The summed E-state index contributed by atoms with van der Waals surface area (Å²) in [5.41, 5.74) is 7.57. The lowest BCUT2D eigenvalue weighted by Gasteiger charge is -2.04. The first kappa shape index (κ1) is 17.8. The number of fused-ring (bicyclic) bond motifs is 3. The molecule has 0 radical (unpaired) electrons. The minimum absolute atomic E-state index is 0.266. The summed E-state index contributed by atoms with van der Waals surface area (Å²) in [6.45, 7) is 2.19. The Balaban J connectivity index is 1.63. The summed E-state index contributed by atoms with van der Waals surface area (Å²) in [4.78, 5) is 0. The summed E-state index contributed by atoms with van der Waals surface area (Å²) in [5.74, 6) is 4.22. The molecule has 1 aliphatic carbocycles. The van der Waals surface area contributed by atoms with Crippen molar-refractivity contribution in [2.45, 2.75) is 26.2 Å². The van der Waals surface area contributed by atoms with E-state index in [0.717, 1.165) is 37.0 Å². The van der Waals surface area contributed by atoms with Crippen LogP contribution in [0.25, 0.3) is 11.1 Å². The van der Waals surface area contributed by atoms with Crippen molar-refractivity contribution in [2.75, 3.05) is 0 Å². The van der Waals surface area contributed by atoms with E-state index in [0.29, 0.717) is 0 Å². The number of hydrogen-bond donors (Lipinski definition) is 0. The van der Waals surface area contributed by atoms with Gasteiger partial charge in [-0.15, -0.1) is 0 Å². The maximum Gasteiger partial charge on any atom is 0.146 e. The van der Waals surface area contributed by atoms with Crippen LogP contribution in [-0.2, 0) is 12.8 Å². The van der Waals surface area contributed by atoms with Crippen molar-refractivity contribution in [1.82, 2.24) is 0 Å². The van der Waals surface area contributed by atoms with Gasteiger partial charge in [-0.1, -0.05) is 61.1 Å². The molecule has 4 rings (SSSR count). The lowest BCUT2D eigenvalue weighted by Crippen LogP contribution is -1.87. The van der Waals surface area contributed by atoms with Crippen LogP contribution in [0.15, 0.2) is 48.5 Å². The van der Waals surface area contributed by atoms with Crippen LogP contribution in [0, 0.1) is 23.5 Å². The molecule has 0 aromatic heterocycles. The minimum atomic E-state index is -0.798. The second-order valence-electron chi connectivity index (χ2n) is 6.79. The molecule has 0 heterocycles. The number of aryl methyl sites for hydroxylation is 1. The second kappa shape index (κ2) is 7.18. The molecule has 0 unspecified atom stereocenters. The average Bonchev–Trinajstić information content (AvgIpc) is 3.01. The van der Waals surface area contributed by atoms with E-state index >= 15 is 0 Å². The summed E-state index contributed by atoms with van der Waals surface area (Å²) in [6, 6.07) is 15.1. The van der Waals surface area contributed by atoms with E-state index < -0.39 is 16.7 Å². The monoisotopic (exact) mass is 378 g/mol. The molecular weight excluding hydrogens is 362 g/mol. The predicted molar refractivity (Wildman–Crippen MR) is 106 cm³/mol. The molecule has 0 N–H and O–H groups in total. The molecular formula is C24H17ClF2. The minimum Gasteiger partial charge on any atom is -0.205 e. The van der Waals surface area contributed by atoms with Crippen molar-refractivity contribution in [3.63, 3.8) is 0 Å². The molecule has 0 bridgehead atoms. The lowest BCUT2D eigenvalue weighted by atomic mass is 10.0. The summed E-state index contributed by atoms with van der Waals surface area (Å²) >= 11 is 5.51. The summed E-state index contributed by atoms with van der Waals surface area (Å²) in [5, 5.41) is -0.502. The van der Waals surface area contributed by atoms with Crippen LogP contribution in [0.1, 0.15) is 41.2 Å². The van der Waals surface area contributed by atoms with Gasteiger partial charge in [-0.05, 0) is 64.9 Å². The van der Waals surface area contributed by atoms with Gasteiger partial charge in [-0.2, -0.15) is 0 Å². The molecule has 134 valence electrons. The van der Waals surface area contributed by atoms with Gasteiger partial charge >= 0.3 is 0 Å². The standard InChI is InChI=1S/C24H17ClF2/c1-2-3-15-6-8-20-18(10-15)14-19-11-16(7-9-21(19)20)4-5-17-12-22(26)24(25)23(27)13-17/h6-13H,2-3,14H2,1H3. The Kier molecular flexibility index (Phi) is 4.72. The van der Waals surface area contributed by atoms with Crippen LogP contribution in [0.5, 0.6) is 0 Å². The van der Waals surface area contributed by atoms with Gasteiger partial charge in [0, 0.05) is 11.1 Å². The Labute approximate surface area is 162 Å². The molecule has 0 saturated heterocycles. The molecule has 3 aromatic rings. The van der Waals surface area contributed by atoms with Crippen molar-refractivity contribution in [3.8, 4) is 23.0 Å². The molecule has 0 atom stereocenters. The SMILES string of the molecule is CCCc1ccc2c(c1)Cc1cc(C#Cc3cc(F)c(Cl)c(F)c3)ccc1-2. The van der Waals surface area contributed by atoms with Crippen molar-refractivity contribution in [1.29, 1.82) is 0 Å². The quantitative estimate of drug-likeness (QED) is 0.274. The van der Waals surface area contributed by atoms with E-state index in [-0.39, 0.29) is 5.56 Å². The Bertz CT molecular complexity index is 1080. The first-order valence-electron chi connectivity index (χ1n) is 8.97. The molecule has 0 fully saturated rings. The fourth-order valence-corrected chi connectivity index (χ4v) is 3.67. The van der Waals surface area contributed by atoms with Gasteiger partial charge in [0.1, 0.15) is 16.7 Å². The zero-order chi connectivity index (χ0) is 19.0. The molecule has 27 heavy (non-hydrogen) atoms. The van der Waals surface area contributed by atoms with E-state index in [1.807, 2.05) is 6.07 Å². The van der Waals surface area contributed by atoms with Crippen LogP contribution in [-0.4, -0.2) is 0 Å². The largest absolute Gasteiger partial charge is 0.205 e. The molecule has 0 aliphatic heterocycles. The Morgan fingerprint density at radius 3 is 2.19 bits per heavy atom. The highest BCUT2D eigenvalue weighted by Gasteiger charge is 2.18. The number of hydrogen-bond acceptors (Lipinski definition) is 0. The van der Waals surface area contributed by atoms with Gasteiger partial charge in [0.05, 0.1) is 0 Å². The molecule has 0 spiro atoms. The zero-order valence-electron chi connectivity index (χ0n) is 14.9. The molecule has 0 nitrogen and oxygen atoms in total. The van der Waals surface area contributed by atoms with Crippen molar-refractivity contribution < 1.29 is 8.78 Å². The van der Waals surface area contributed by atoms with Gasteiger partial charge in [-0.25, -0.2) is 8.78 Å². The maximum atomic E-state index is 13.5. The highest BCUT2D eigenvalue weighted by Crippen LogP contribution is 2.37. The fourth-order valence-electron chi connectivity index (χ4n) is 3.56.